The number of nitrogens with zero attached hydrogens (tertiary/aromatic N) is 1. The molecule has 1 saturated carbocycles. The number of halogens is 1. The van der Waals surface area contributed by atoms with Crippen molar-refractivity contribution in [1.82, 2.24) is 9.55 Å². The van der Waals surface area contributed by atoms with Gasteiger partial charge in [0.25, 0.3) is 0 Å². The van der Waals surface area contributed by atoms with Crippen LogP contribution in [0.3, 0.4) is 0 Å². The predicted molar refractivity (Wildman–Crippen MR) is 69.1 cm³/mol. The van der Waals surface area contributed by atoms with E-state index >= 15 is 0 Å². The van der Waals surface area contributed by atoms with Crippen LogP contribution in [-0.4, -0.2) is 9.55 Å². The van der Waals surface area contributed by atoms with Crippen LogP contribution < -0.4 is 0 Å². The smallest absolute Gasteiger partial charge is 0.178 e. The average molecular weight is 250 g/mol. The van der Waals surface area contributed by atoms with E-state index in [4.69, 9.17) is 12.2 Å². The molecule has 17 heavy (non-hydrogen) atoms. The number of hydrogen-bond donors (Lipinski definition) is 1. The SMILES string of the molecule is CC(C)(C1CC1)n1c(=S)[nH]c2cc(F)ccc21. The Kier molecular flexibility index (Phi) is 2.20. The van der Waals surface area contributed by atoms with Gasteiger partial charge < -0.3 is 9.55 Å². The lowest BCUT2D eigenvalue weighted by Crippen LogP contribution is -2.28. The van der Waals surface area contributed by atoms with E-state index in [1.165, 1.54) is 25.0 Å². The molecule has 1 heterocycles. The molecule has 1 aromatic carbocycles. The lowest BCUT2D eigenvalue weighted by molar-refractivity contribution is 0.310. The van der Waals surface area contributed by atoms with Crippen molar-refractivity contribution < 1.29 is 4.39 Å². The third-order valence-corrected chi connectivity index (χ3v) is 4.08. The van der Waals surface area contributed by atoms with Gasteiger partial charge in [-0.15, -0.1) is 0 Å². The fourth-order valence-electron chi connectivity index (χ4n) is 2.63. The first-order valence-electron chi connectivity index (χ1n) is 5.91. The van der Waals surface area contributed by atoms with Gasteiger partial charge in [-0.25, -0.2) is 4.39 Å². The van der Waals surface area contributed by atoms with Crippen molar-refractivity contribution in [2.45, 2.75) is 32.2 Å². The number of imidazole rings is 1. The van der Waals surface area contributed by atoms with Crippen molar-refractivity contribution in [3.05, 3.63) is 28.8 Å². The van der Waals surface area contributed by atoms with E-state index in [2.05, 4.69) is 23.4 Å². The Morgan fingerprint density at radius 1 is 1.41 bits per heavy atom. The van der Waals surface area contributed by atoms with E-state index in [1.807, 2.05) is 0 Å². The second-order valence-electron chi connectivity index (χ2n) is 5.35. The normalized spacial score (nSPS) is 16.6. The first kappa shape index (κ1) is 11.0. The highest BCUT2D eigenvalue weighted by atomic mass is 32.1. The zero-order chi connectivity index (χ0) is 12.2. The number of rotatable bonds is 2. The maximum absolute atomic E-state index is 13.2. The van der Waals surface area contributed by atoms with Crippen LogP contribution in [0.5, 0.6) is 0 Å². The Hall–Kier alpha value is -1.16. The molecule has 0 amide bonds. The minimum Gasteiger partial charge on any atom is -0.330 e. The highest BCUT2D eigenvalue weighted by Crippen LogP contribution is 2.45. The molecule has 1 aromatic heterocycles. The Bertz CT molecular complexity index is 634. The molecule has 1 fully saturated rings. The van der Waals surface area contributed by atoms with E-state index in [9.17, 15) is 4.39 Å². The first-order valence-corrected chi connectivity index (χ1v) is 6.32. The van der Waals surface area contributed by atoms with Gasteiger partial charge in [0.05, 0.1) is 11.0 Å². The zero-order valence-electron chi connectivity index (χ0n) is 9.96. The lowest BCUT2D eigenvalue weighted by atomic mass is 9.98. The van der Waals surface area contributed by atoms with Crippen LogP contribution in [0, 0.1) is 16.5 Å². The molecule has 1 aliphatic rings. The fraction of sp³-hybridized carbons (Fsp3) is 0.462. The Labute approximate surface area is 104 Å². The number of fused-ring (bicyclic) bond motifs is 1. The van der Waals surface area contributed by atoms with Gasteiger partial charge in [0, 0.05) is 5.54 Å². The minimum atomic E-state index is -0.231. The van der Waals surface area contributed by atoms with Crippen LogP contribution in [0.25, 0.3) is 11.0 Å². The van der Waals surface area contributed by atoms with Gasteiger partial charge in [0.1, 0.15) is 5.82 Å². The predicted octanol–water partition coefficient (Wildman–Crippen LogP) is 3.98. The van der Waals surface area contributed by atoms with Gasteiger partial charge in [-0.1, -0.05) is 0 Å². The van der Waals surface area contributed by atoms with Gasteiger partial charge in [-0.2, -0.15) is 0 Å². The van der Waals surface area contributed by atoms with Crippen molar-refractivity contribution in [3.8, 4) is 0 Å². The molecule has 0 unspecified atom stereocenters. The third-order valence-electron chi connectivity index (χ3n) is 3.80. The van der Waals surface area contributed by atoms with Crippen molar-refractivity contribution in [1.29, 1.82) is 0 Å². The van der Waals surface area contributed by atoms with Crippen LogP contribution in [-0.2, 0) is 5.54 Å². The minimum absolute atomic E-state index is 0.00711. The molecule has 0 atom stereocenters. The molecule has 0 saturated heterocycles. The number of nitrogens with one attached hydrogen (secondary N) is 1. The van der Waals surface area contributed by atoms with Gasteiger partial charge >= 0.3 is 0 Å². The molecule has 3 rings (SSSR count). The molecular formula is C13H15FN2S. The third kappa shape index (κ3) is 1.62. The molecule has 2 aromatic rings. The number of aromatic nitrogens is 2. The van der Waals surface area contributed by atoms with Crippen molar-refractivity contribution in [2.75, 3.05) is 0 Å². The monoisotopic (exact) mass is 250 g/mol. The summed E-state index contributed by atoms with van der Waals surface area (Å²) in [4.78, 5) is 3.09. The molecule has 4 heteroatoms. The Morgan fingerprint density at radius 3 is 2.76 bits per heavy atom. The summed E-state index contributed by atoms with van der Waals surface area (Å²) in [5.41, 5.74) is 1.78. The highest BCUT2D eigenvalue weighted by molar-refractivity contribution is 7.71. The maximum atomic E-state index is 13.2. The quantitative estimate of drug-likeness (QED) is 0.799. The molecule has 90 valence electrons. The summed E-state index contributed by atoms with van der Waals surface area (Å²) in [5, 5.41) is 0. The molecule has 0 spiro atoms. The van der Waals surface area contributed by atoms with Gasteiger partial charge in [0.2, 0.25) is 0 Å². The second kappa shape index (κ2) is 3.42. The summed E-state index contributed by atoms with van der Waals surface area (Å²) >= 11 is 5.38. The van der Waals surface area contributed by atoms with Crippen molar-refractivity contribution in [2.24, 2.45) is 5.92 Å². The van der Waals surface area contributed by atoms with Crippen LogP contribution in [0.4, 0.5) is 4.39 Å². The van der Waals surface area contributed by atoms with Crippen molar-refractivity contribution >= 4 is 23.3 Å². The van der Waals surface area contributed by atoms with Gasteiger partial charge in [-0.3, -0.25) is 0 Å². The maximum Gasteiger partial charge on any atom is 0.178 e. The summed E-state index contributed by atoms with van der Waals surface area (Å²) < 4.78 is 16.0. The van der Waals surface area contributed by atoms with E-state index in [-0.39, 0.29) is 11.4 Å². The largest absolute Gasteiger partial charge is 0.330 e. The molecule has 0 aliphatic heterocycles. The second-order valence-corrected chi connectivity index (χ2v) is 5.74. The van der Waals surface area contributed by atoms with Crippen molar-refractivity contribution in [3.63, 3.8) is 0 Å². The topological polar surface area (TPSA) is 20.7 Å². The summed E-state index contributed by atoms with van der Waals surface area (Å²) in [6, 6.07) is 4.80. The molecule has 2 nitrogen and oxygen atoms in total. The van der Waals surface area contributed by atoms with E-state index < -0.39 is 0 Å². The molecule has 1 aliphatic carbocycles. The van der Waals surface area contributed by atoms with Crippen LogP contribution in [0.15, 0.2) is 18.2 Å². The number of aromatic amines is 1. The number of H-pyrrole nitrogens is 1. The summed E-state index contributed by atoms with van der Waals surface area (Å²) in [6.45, 7) is 4.41. The van der Waals surface area contributed by atoms with Crippen LogP contribution >= 0.6 is 12.2 Å². The first-order chi connectivity index (χ1) is 8.00. The van der Waals surface area contributed by atoms with Gasteiger partial charge in [0.15, 0.2) is 4.77 Å². The Morgan fingerprint density at radius 2 is 2.12 bits per heavy atom. The summed E-state index contributed by atoms with van der Waals surface area (Å²) in [5.74, 6) is 0.448. The average Bonchev–Trinajstić information content (AvgIpc) is 3.01. The van der Waals surface area contributed by atoms with E-state index in [0.717, 1.165) is 11.0 Å². The molecule has 1 N–H and O–H groups in total. The molecule has 0 radical (unpaired) electrons. The number of hydrogen-bond acceptors (Lipinski definition) is 1. The molecular weight excluding hydrogens is 235 g/mol. The lowest BCUT2D eigenvalue weighted by Gasteiger charge is -2.27. The van der Waals surface area contributed by atoms with Crippen LogP contribution in [0.1, 0.15) is 26.7 Å². The number of benzene rings is 1. The van der Waals surface area contributed by atoms with E-state index in [0.29, 0.717) is 10.7 Å². The highest BCUT2D eigenvalue weighted by Gasteiger charge is 2.40. The fourth-order valence-corrected chi connectivity index (χ4v) is 3.07. The Balaban J connectivity index is 2.28. The standard InChI is InChI=1S/C13H15FN2S/c1-13(2,8-3-4-8)16-11-6-5-9(14)7-10(11)15-12(16)17/h5-8H,3-4H2,1-2H3,(H,15,17). The van der Waals surface area contributed by atoms with Crippen LogP contribution in [0.2, 0.25) is 0 Å². The summed E-state index contributed by atoms with van der Waals surface area (Å²) in [7, 11) is 0. The van der Waals surface area contributed by atoms with Gasteiger partial charge in [-0.05, 0) is 63.0 Å². The zero-order valence-corrected chi connectivity index (χ0v) is 10.8. The molecule has 0 bridgehead atoms. The summed E-state index contributed by atoms with van der Waals surface area (Å²) in [6.07, 6.45) is 2.51. The van der Waals surface area contributed by atoms with E-state index in [1.54, 1.807) is 6.07 Å².